The highest BCUT2D eigenvalue weighted by atomic mass is 32.1. The zero-order valence-corrected chi connectivity index (χ0v) is 12.5. The van der Waals surface area contributed by atoms with Gasteiger partial charge >= 0.3 is 5.97 Å². The fourth-order valence-electron chi connectivity index (χ4n) is 2.61. The molecule has 1 fully saturated rings. The van der Waals surface area contributed by atoms with E-state index in [-0.39, 0.29) is 12.4 Å². The van der Waals surface area contributed by atoms with Gasteiger partial charge in [0.2, 0.25) is 0 Å². The number of esters is 1. The number of hydrogen-bond acceptors (Lipinski definition) is 5. The number of methoxy groups -OCH3 is 1. The quantitative estimate of drug-likeness (QED) is 0.779. The highest BCUT2D eigenvalue weighted by molar-refractivity contribution is 7.13. The highest BCUT2D eigenvalue weighted by Gasteiger charge is 2.17. The van der Waals surface area contributed by atoms with Gasteiger partial charge in [-0.2, -0.15) is 0 Å². The molecule has 0 aromatic carbocycles. The van der Waals surface area contributed by atoms with Crippen LogP contribution in [0.3, 0.4) is 0 Å². The van der Waals surface area contributed by atoms with Crippen LogP contribution in [0.25, 0.3) is 0 Å². The number of nitrogens with zero attached hydrogens (tertiary/aromatic N) is 2. The minimum atomic E-state index is -0.230. The van der Waals surface area contributed by atoms with Crippen LogP contribution in [0.15, 0.2) is 5.38 Å². The predicted octanol–water partition coefficient (Wildman–Crippen LogP) is 2.88. The van der Waals surface area contributed by atoms with Gasteiger partial charge in [-0.1, -0.05) is 19.3 Å². The first-order valence-electron chi connectivity index (χ1n) is 6.91. The van der Waals surface area contributed by atoms with E-state index in [0.29, 0.717) is 0 Å². The van der Waals surface area contributed by atoms with Crippen molar-refractivity contribution in [2.24, 2.45) is 5.92 Å². The number of carbonyl (C=O) groups is 1. The number of aromatic nitrogens is 1. The van der Waals surface area contributed by atoms with Crippen molar-refractivity contribution in [2.75, 3.05) is 25.6 Å². The molecular formula is C14H22N2O2S. The molecule has 0 saturated heterocycles. The molecule has 4 nitrogen and oxygen atoms in total. The lowest BCUT2D eigenvalue weighted by Crippen LogP contribution is -2.26. The summed E-state index contributed by atoms with van der Waals surface area (Å²) < 4.78 is 4.66. The summed E-state index contributed by atoms with van der Waals surface area (Å²) in [4.78, 5) is 17.9. The van der Waals surface area contributed by atoms with Gasteiger partial charge in [-0.25, -0.2) is 4.98 Å². The summed E-state index contributed by atoms with van der Waals surface area (Å²) in [6, 6.07) is 0. The van der Waals surface area contributed by atoms with Crippen molar-refractivity contribution in [3.05, 3.63) is 11.1 Å². The second kappa shape index (κ2) is 6.89. The van der Waals surface area contributed by atoms with Gasteiger partial charge in [0.25, 0.3) is 0 Å². The summed E-state index contributed by atoms with van der Waals surface area (Å²) in [6.07, 6.45) is 7.06. The van der Waals surface area contributed by atoms with Crippen molar-refractivity contribution < 1.29 is 9.53 Å². The number of carbonyl (C=O) groups excluding carboxylic acids is 1. The van der Waals surface area contributed by atoms with Gasteiger partial charge in [0.15, 0.2) is 5.13 Å². The molecule has 1 aromatic heterocycles. The summed E-state index contributed by atoms with van der Waals surface area (Å²) in [5.74, 6) is 0.568. The van der Waals surface area contributed by atoms with E-state index in [1.807, 2.05) is 5.38 Å². The average Bonchev–Trinajstić information content (AvgIpc) is 2.88. The molecule has 106 valence electrons. The highest BCUT2D eigenvalue weighted by Crippen LogP contribution is 2.27. The Bertz CT molecular complexity index is 413. The van der Waals surface area contributed by atoms with Crippen molar-refractivity contribution >= 4 is 22.4 Å². The van der Waals surface area contributed by atoms with Crippen LogP contribution >= 0.6 is 11.3 Å². The Balaban J connectivity index is 1.88. The molecule has 1 aromatic rings. The lowest BCUT2D eigenvalue weighted by molar-refractivity contribution is -0.139. The minimum absolute atomic E-state index is 0.230. The molecule has 2 rings (SSSR count). The number of rotatable bonds is 5. The van der Waals surface area contributed by atoms with Crippen molar-refractivity contribution in [3.8, 4) is 0 Å². The van der Waals surface area contributed by atoms with E-state index in [4.69, 9.17) is 0 Å². The molecule has 5 heteroatoms. The maximum atomic E-state index is 11.2. The maximum absolute atomic E-state index is 11.2. The monoisotopic (exact) mass is 282 g/mol. The van der Waals surface area contributed by atoms with Gasteiger partial charge in [-0.05, 0) is 18.8 Å². The third kappa shape index (κ3) is 4.20. The van der Waals surface area contributed by atoms with Crippen molar-refractivity contribution in [1.29, 1.82) is 0 Å². The molecule has 0 amide bonds. The number of ether oxygens (including phenoxy) is 1. The topological polar surface area (TPSA) is 42.4 Å². The summed E-state index contributed by atoms with van der Waals surface area (Å²) in [5, 5.41) is 2.95. The molecule has 1 aliphatic rings. The molecule has 0 radical (unpaired) electrons. The van der Waals surface area contributed by atoms with Crippen molar-refractivity contribution in [2.45, 2.75) is 38.5 Å². The minimum Gasteiger partial charge on any atom is -0.469 e. The number of hydrogen-bond donors (Lipinski definition) is 0. The van der Waals surface area contributed by atoms with Crippen LogP contribution in [0.1, 0.15) is 37.8 Å². The van der Waals surface area contributed by atoms with Crippen LogP contribution < -0.4 is 4.90 Å². The van der Waals surface area contributed by atoms with Crippen LogP contribution in [0.5, 0.6) is 0 Å². The SMILES string of the molecule is COC(=O)Cc1csc(N(C)CC2CCCCC2)n1. The standard InChI is InChI=1S/C14H22N2O2S/c1-16(9-11-6-4-3-5-7-11)14-15-12(10-19-14)8-13(17)18-2/h10-11H,3-9H2,1-2H3. The third-order valence-corrected chi connectivity index (χ3v) is 4.68. The van der Waals surface area contributed by atoms with E-state index in [9.17, 15) is 4.79 Å². The normalized spacial score (nSPS) is 16.3. The Morgan fingerprint density at radius 3 is 2.89 bits per heavy atom. The molecular weight excluding hydrogens is 260 g/mol. The predicted molar refractivity (Wildman–Crippen MR) is 77.7 cm³/mol. The first kappa shape index (κ1) is 14.3. The van der Waals surface area contributed by atoms with Gasteiger partial charge in [0.05, 0.1) is 19.2 Å². The van der Waals surface area contributed by atoms with Crippen LogP contribution in [0, 0.1) is 5.92 Å². The number of anilines is 1. The van der Waals surface area contributed by atoms with Gasteiger partial charge in [0.1, 0.15) is 0 Å². The van der Waals surface area contributed by atoms with Crippen LogP contribution in [-0.4, -0.2) is 31.7 Å². The van der Waals surface area contributed by atoms with E-state index in [2.05, 4.69) is 21.7 Å². The van der Waals surface area contributed by atoms with Crippen molar-refractivity contribution in [1.82, 2.24) is 4.98 Å². The zero-order valence-electron chi connectivity index (χ0n) is 11.7. The summed E-state index contributed by atoms with van der Waals surface area (Å²) in [6.45, 7) is 1.07. The van der Waals surface area contributed by atoms with E-state index in [1.54, 1.807) is 11.3 Å². The Morgan fingerprint density at radius 1 is 1.47 bits per heavy atom. The molecule has 0 atom stereocenters. The average molecular weight is 282 g/mol. The van der Waals surface area contributed by atoms with Crippen LogP contribution in [-0.2, 0) is 16.0 Å². The van der Waals surface area contributed by atoms with Gasteiger partial charge in [0, 0.05) is 19.0 Å². The third-order valence-electron chi connectivity index (χ3n) is 3.68. The largest absolute Gasteiger partial charge is 0.469 e. The second-order valence-electron chi connectivity index (χ2n) is 5.26. The molecule has 0 aliphatic heterocycles. The first-order chi connectivity index (χ1) is 9.19. The lowest BCUT2D eigenvalue weighted by Gasteiger charge is -2.26. The zero-order chi connectivity index (χ0) is 13.7. The summed E-state index contributed by atoms with van der Waals surface area (Å²) >= 11 is 1.61. The molecule has 0 unspecified atom stereocenters. The van der Waals surface area contributed by atoms with Gasteiger partial charge in [-0.3, -0.25) is 4.79 Å². The fraction of sp³-hybridized carbons (Fsp3) is 0.714. The van der Waals surface area contributed by atoms with E-state index in [1.165, 1.54) is 39.2 Å². The molecule has 1 aliphatic carbocycles. The van der Waals surface area contributed by atoms with Crippen LogP contribution in [0.4, 0.5) is 5.13 Å². The Kier molecular flexibility index (Phi) is 5.19. The molecule has 19 heavy (non-hydrogen) atoms. The second-order valence-corrected chi connectivity index (χ2v) is 6.10. The first-order valence-corrected chi connectivity index (χ1v) is 7.79. The molecule has 0 bridgehead atoms. The van der Waals surface area contributed by atoms with E-state index in [0.717, 1.165) is 23.3 Å². The van der Waals surface area contributed by atoms with E-state index < -0.39 is 0 Å². The van der Waals surface area contributed by atoms with E-state index >= 15 is 0 Å². The molecule has 0 N–H and O–H groups in total. The lowest BCUT2D eigenvalue weighted by atomic mass is 9.89. The Hall–Kier alpha value is -1.10. The van der Waals surface area contributed by atoms with Gasteiger partial charge in [-0.15, -0.1) is 11.3 Å². The summed E-state index contributed by atoms with van der Waals surface area (Å²) in [7, 11) is 3.50. The summed E-state index contributed by atoms with van der Waals surface area (Å²) in [5.41, 5.74) is 0.808. The van der Waals surface area contributed by atoms with Crippen molar-refractivity contribution in [3.63, 3.8) is 0 Å². The maximum Gasteiger partial charge on any atom is 0.311 e. The molecule has 0 spiro atoms. The number of thiazole rings is 1. The molecule has 1 saturated carbocycles. The van der Waals surface area contributed by atoms with Crippen LogP contribution in [0.2, 0.25) is 0 Å². The Morgan fingerprint density at radius 2 is 2.21 bits per heavy atom. The smallest absolute Gasteiger partial charge is 0.311 e. The van der Waals surface area contributed by atoms with Gasteiger partial charge < -0.3 is 9.64 Å². The fourth-order valence-corrected chi connectivity index (χ4v) is 3.41. The molecule has 1 heterocycles. The Labute approximate surface area is 118 Å².